The van der Waals surface area contributed by atoms with E-state index in [9.17, 15) is 9.59 Å². The normalized spacial score (nSPS) is 16.1. The van der Waals surface area contributed by atoms with Crippen LogP contribution in [0, 0.1) is 19.3 Å². The van der Waals surface area contributed by atoms with E-state index < -0.39 is 6.16 Å². The summed E-state index contributed by atoms with van der Waals surface area (Å²) in [6.07, 6.45) is 0.135. The molecule has 2 aromatic rings. The SMILES string of the molecule is Cc1ccc(C2=C(OC(=O)OCc3ccccc3)CC(C)(C)CC2=O)c(C)c1. The van der Waals surface area contributed by atoms with E-state index in [2.05, 4.69) is 0 Å². The first-order valence-electron chi connectivity index (χ1n) is 9.48. The van der Waals surface area contributed by atoms with Gasteiger partial charge >= 0.3 is 6.16 Å². The number of carbonyl (C=O) groups excluding carboxylic acids is 2. The first-order chi connectivity index (χ1) is 13.2. The maximum absolute atomic E-state index is 12.9. The summed E-state index contributed by atoms with van der Waals surface area (Å²) in [4.78, 5) is 25.3. The molecule has 3 rings (SSSR count). The third-order valence-electron chi connectivity index (χ3n) is 4.89. The Morgan fingerprint density at radius 3 is 2.43 bits per heavy atom. The lowest BCUT2D eigenvalue weighted by Crippen LogP contribution is -2.27. The number of ether oxygens (including phenoxy) is 2. The minimum atomic E-state index is -0.786. The van der Waals surface area contributed by atoms with Crippen LogP contribution in [0.1, 0.15) is 48.9 Å². The molecule has 0 unspecified atom stereocenters. The Kier molecular flexibility index (Phi) is 5.68. The van der Waals surface area contributed by atoms with Crippen LogP contribution in [0.3, 0.4) is 0 Å². The molecule has 0 atom stereocenters. The highest BCUT2D eigenvalue weighted by atomic mass is 16.7. The van der Waals surface area contributed by atoms with E-state index in [0.29, 0.717) is 24.2 Å². The second kappa shape index (κ2) is 8.01. The van der Waals surface area contributed by atoms with Gasteiger partial charge in [-0.2, -0.15) is 0 Å². The van der Waals surface area contributed by atoms with E-state index in [1.807, 2.05) is 76.2 Å². The van der Waals surface area contributed by atoms with Crippen LogP contribution in [0.15, 0.2) is 54.3 Å². The summed E-state index contributed by atoms with van der Waals surface area (Å²) in [7, 11) is 0. The number of hydrogen-bond acceptors (Lipinski definition) is 4. The van der Waals surface area contributed by atoms with Crippen LogP contribution in [0.4, 0.5) is 4.79 Å². The van der Waals surface area contributed by atoms with Crippen molar-refractivity contribution in [2.75, 3.05) is 0 Å². The number of Topliss-reactive ketones (excluding diaryl/α,β-unsaturated/α-hetero) is 1. The molecular formula is C24H26O4. The van der Waals surface area contributed by atoms with Crippen molar-refractivity contribution in [2.45, 2.75) is 47.1 Å². The molecule has 1 aliphatic rings. The fraction of sp³-hybridized carbons (Fsp3) is 0.333. The first kappa shape index (κ1) is 19.9. The van der Waals surface area contributed by atoms with E-state index in [0.717, 1.165) is 22.3 Å². The third-order valence-corrected chi connectivity index (χ3v) is 4.89. The zero-order valence-electron chi connectivity index (χ0n) is 16.9. The quantitative estimate of drug-likeness (QED) is 0.635. The van der Waals surface area contributed by atoms with Gasteiger partial charge in [-0.25, -0.2) is 4.79 Å². The highest BCUT2D eigenvalue weighted by Crippen LogP contribution is 2.41. The Bertz CT molecular complexity index is 923. The van der Waals surface area contributed by atoms with Crippen LogP contribution < -0.4 is 0 Å². The monoisotopic (exact) mass is 378 g/mol. The average Bonchev–Trinajstić information content (AvgIpc) is 2.61. The molecule has 0 N–H and O–H groups in total. The molecule has 0 aromatic heterocycles. The molecule has 0 heterocycles. The zero-order valence-corrected chi connectivity index (χ0v) is 16.9. The van der Waals surface area contributed by atoms with E-state index in [4.69, 9.17) is 9.47 Å². The zero-order chi connectivity index (χ0) is 20.3. The molecule has 1 aliphatic carbocycles. The molecular weight excluding hydrogens is 352 g/mol. The van der Waals surface area contributed by atoms with Gasteiger partial charge in [-0.3, -0.25) is 4.79 Å². The van der Waals surface area contributed by atoms with Crippen LogP contribution in [-0.4, -0.2) is 11.9 Å². The topological polar surface area (TPSA) is 52.6 Å². The summed E-state index contributed by atoms with van der Waals surface area (Å²) in [5.74, 6) is 0.389. The minimum absolute atomic E-state index is 0.00550. The van der Waals surface area contributed by atoms with Gasteiger partial charge in [-0.1, -0.05) is 67.9 Å². The van der Waals surface area contributed by atoms with Crippen molar-refractivity contribution < 1.29 is 19.1 Å². The van der Waals surface area contributed by atoms with Crippen LogP contribution in [-0.2, 0) is 20.9 Å². The van der Waals surface area contributed by atoms with Crippen molar-refractivity contribution in [3.8, 4) is 0 Å². The van der Waals surface area contributed by atoms with E-state index in [1.54, 1.807) is 0 Å². The summed E-state index contributed by atoms with van der Waals surface area (Å²) in [6, 6.07) is 15.3. The molecule has 4 nitrogen and oxygen atoms in total. The van der Waals surface area contributed by atoms with Gasteiger partial charge in [0.1, 0.15) is 12.4 Å². The molecule has 0 fully saturated rings. The van der Waals surface area contributed by atoms with Gasteiger partial charge in [0.2, 0.25) is 0 Å². The maximum atomic E-state index is 12.9. The Hall–Kier alpha value is -2.88. The fourth-order valence-corrected chi connectivity index (χ4v) is 3.59. The average molecular weight is 378 g/mol. The van der Waals surface area contributed by atoms with Crippen molar-refractivity contribution in [2.24, 2.45) is 5.41 Å². The Morgan fingerprint density at radius 1 is 1.04 bits per heavy atom. The molecule has 0 aliphatic heterocycles. The molecule has 0 saturated carbocycles. The van der Waals surface area contributed by atoms with E-state index in [1.165, 1.54) is 0 Å². The highest BCUT2D eigenvalue weighted by Gasteiger charge is 2.36. The van der Waals surface area contributed by atoms with Gasteiger partial charge in [0, 0.05) is 12.8 Å². The predicted molar refractivity (Wildman–Crippen MR) is 109 cm³/mol. The molecule has 0 amide bonds. The lowest BCUT2D eigenvalue weighted by Gasteiger charge is -2.31. The predicted octanol–water partition coefficient (Wildman–Crippen LogP) is 5.76. The largest absolute Gasteiger partial charge is 0.513 e. The molecule has 4 heteroatoms. The number of carbonyl (C=O) groups is 2. The van der Waals surface area contributed by atoms with Crippen LogP contribution in [0.5, 0.6) is 0 Å². The molecule has 0 bridgehead atoms. The number of benzene rings is 2. The number of aryl methyl sites for hydroxylation is 2. The van der Waals surface area contributed by atoms with Gasteiger partial charge in [0.25, 0.3) is 0 Å². The summed E-state index contributed by atoms with van der Waals surface area (Å²) < 4.78 is 10.8. The summed E-state index contributed by atoms with van der Waals surface area (Å²) in [6.45, 7) is 8.11. The lowest BCUT2D eigenvalue weighted by atomic mass is 9.74. The molecule has 2 aromatic carbocycles. The number of rotatable bonds is 4. The standard InChI is InChI=1S/C24H26O4/c1-16-10-11-19(17(2)12-16)22-20(25)13-24(3,4)14-21(22)28-23(26)27-15-18-8-6-5-7-9-18/h5-12H,13-15H2,1-4H3. The number of ketones is 1. The number of hydrogen-bond donors (Lipinski definition) is 0. The first-order valence-corrected chi connectivity index (χ1v) is 9.48. The van der Waals surface area contributed by atoms with Crippen molar-refractivity contribution in [1.82, 2.24) is 0 Å². The molecule has 146 valence electrons. The van der Waals surface area contributed by atoms with E-state index >= 15 is 0 Å². The summed E-state index contributed by atoms with van der Waals surface area (Å²) >= 11 is 0. The van der Waals surface area contributed by atoms with E-state index in [-0.39, 0.29) is 17.8 Å². The summed E-state index contributed by atoms with van der Waals surface area (Å²) in [5, 5.41) is 0. The molecule has 0 radical (unpaired) electrons. The van der Waals surface area contributed by atoms with Crippen LogP contribution >= 0.6 is 0 Å². The van der Waals surface area contributed by atoms with Crippen molar-refractivity contribution in [1.29, 1.82) is 0 Å². The second-order valence-corrected chi connectivity index (χ2v) is 8.18. The van der Waals surface area contributed by atoms with Crippen molar-refractivity contribution in [3.05, 3.63) is 76.5 Å². The van der Waals surface area contributed by atoms with Gasteiger partial charge in [0.05, 0.1) is 5.57 Å². The Morgan fingerprint density at radius 2 is 1.75 bits per heavy atom. The van der Waals surface area contributed by atoms with Crippen LogP contribution in [0.2, 0.25) is 0 Å². The molecule has 0 saturated heterocycles. The maximum Gasteiger partial charge on any atom is 0.513 e. The molecule has 28 heavy (non-hydrogen) atoms. The highest BCUT2D eigenvalue weighted by molar-refractivity contribution is 6.22. The van der Waals surface area contributed by atoms with Crippen LogP contribution in [0.25, 0.3) is 5.57 Å². The smallest absolute Gasteiger partial charge is 0.429 e. The summed E-state index contributed by atoms with van der Waals surface area (Å²) in [5.41, 5.74) is 4.03. The third kappa shape index (κ3) is 4.69. The van der Waals surface area contributed by atoms with Crippen molar-refractivity contribution in [3.63, 3.8) is 0 Å². The fourth-order valence-electron chi connectivity index (χ4n) is 3.59. The van der Waals surface area contributed by atoms with Gasteiger partial charge in [-0.15, -0.1) is 0 Å². The number of allylic oxidation sites excluding steroid dienone is 2. The Balaban J connectivity index is 1.87. The van der Waals surface area contributed by atoms with Crippen molar-refractivity contribution >= 4 is 17.5 Å². The molecule has 0 spiro atoms. The second-order valence-electron chi connectivity index (χ2n) is 8.18. The Labute approximate surface area is 166 Å². The van der Waals surface area contributed by atoms with Gasteiger partial charge in [-0.05, 0) is 36.0 Å². The van der Waals surface area contributed by atoms with Gasteiger partial charge < -0.3 is 9.47 Å². The minimum Gasteiger partial charge on any atom is -0.429 e. The lowest BCUT2D eigenvalue weighted by molar-refractivity contribution is -0.116. The van der Waals surface area contributed by atoms with Gasteiger partial charge in [0.15, 0.2) is 5.78 Å².